The van der Waals surface area contributed by atoms with E-state index in [9.17, 15) is 9.90 Å². The van der Waals surface area contributed by atoms with Crippen LogP contribution < -0.4 is 10.1 Å². The summed E-state index contributed by atoms with van der Waals surface area (Å²) in [5.41, 5.74) is 0.744. The lowest BCUT2D eigenvalue weighted by atomic mass is 10.1. The predicted molar refractivity (Wildman–Crippen MR) is 69.9 cm³/mol. The minimum Gasteiger partial charge on any atom is -0.497 e. The molecule has 1 fully saturated rings. The summed E-state index contributed by atoms with van der Waals surface area (Å²) >= 11 is 0. The highest BCUT2D eigenvalue weighted by atomic mass is 16.5. The monoisotopic (exact) mass is 265 g/mol. The van der Waals surface area contributed by atoms with E-state index in [2.05, 4.69) is 5.32 Å². The minimum absolute atomic E-state index is 0.148. The molecule has 0 bridgehead atoms. The molecule has 5 nitrogen and oxygen atoms in total. The van der Waals surface area contributed by atoms with E-state index in [-0.39, 0.29) is 18.6 Å². The molecule has 0 aliphatic carbocycles. The fourth-order valence-corrected chi connectivity index (χ4v) is 2.04. The van der Waals surface area contributed by atoms with Gasteiger partial charge in [0, 0.05) is 13.2 Å². The van der Waals surface area contributed by atoms with Crippen molar-refractivity contribution in [3.63, 3.8) is 0 Å². The molecular weight excluding hydrogens is 246 g/mol. The molecule has 2 unspecified atom stereocenters. The number of hydrogen-bond acceptors (Lipinski definition) is 4. The molecule has 0 radical (unpaired) electrons. The largest absolute Gasteiger partial charge is 0.497 e. The summed E-state index contributed by atoms with van der Waals surface area (Å²) < 4.78 is 10.3. The third-order valence-electron chi connectivity index (χ3n) is 3.19. The Balaban J connectivity index is 1.82. The molecule has 2 rings (SSSR count). The molecule has 2 N–H and O–H groups in total. The maximum absolute atomic E-state index is 11.7. The predicted octanol–water partition coefficient (Wildman–Crippen LogP) is 1.02. The van der Waals surface area contributed by atoms with Crippen LogP contribution in [0.4, 0.5) is 0 Å². The first-order valence-electron chi connectivity index (χ1n) is 6.42. The van der Waals surface area contributed by atoms with Crippen molar-refractivity contribution >= 4 is 5.91 Å². The zero-order valence-electron chi connectivity index (χ0n) is 11.0. The Hall–Kier alpha value is -1.59. The second-order valence-corrected chi connectivity index (χ2v) is 4.54. The average Bonchev–Trinajstić information content (AvgIpc) is 2.98. The summed E-state index contributed by atoms with van der Waals surface area (Å²) in [5.74, 6) is 0.587. The van der Waals surface area contributed by atoms with Gasteiger partial charge in [0.25, 0.3) is 0 Å². The fraction of sp³-hybridized carbons (Fsp3) is 0.500. The molecule has 1 aliphatic rings. The van der Waals surface area contributed by atoms with Gasteiger partial charge in [-0.2, -0.15) is 0 Å². The van der Waals surface area contributed by atoms with E-state index in [0.29, 0.717) is 6.61 Å². The van der Waals surface area contributed by atoms with Gasteiger partial charge in [0.15, 0.2) is 0 Å². The molecule has 1 aromatic carbocycles. The van der Waals surface area contributed by atoms with Crippen molar-refractivity contribution in [2.24, 2.45) is 0 Å². The first-order chi connectivity index (χ1) is 9.20. The number of nitrogens with one attached hydrogen (secondary N) is 1. The van der Waals surface area contributed by atoms with Gasteiger partial charge in [0.1, 0.15) is 11.9 Å². The number of aliphatic hydroxyl groups excluding tert-OH is 1. The van der Waals surface area contributed by atoms with Crippen molar-refractivity contribution < 1.29 is 19.4 Å². The molecule has 0 saturated carbocycles. The van der Waals surface area contributed by atoms with Gasteiger partial charge in [-0.25, -0.2) is 0 Å². The van der Waals surface area contributed by atoms with E-state index in [1.165, 1.54) is 0 Å². The van der Waals surface area contributed by atoms with Crippen LogP contribution in [0.1, 0.15) is 24.5 Å². The van der Waals surface area contributed by atoms with E-state index >= 15 is 0 Å². The molecule has 19 heavy (non-hydrogen) atoms. The first kappa shape index (κ1) is 13.8. The zero-order chi connectivity index (χ0) is 13.7. The normalized spacial score (nSPS) is 20.0. The topological polar surface area (TPSA) is 67.8 Å². The first-order valence-corrected chi connectivity index (χ1v) is 6.42. The second kappa shape index (κ2) is 6.54. The fourth-order valence-electron chi connectivity index (χ4n) is 2.04. The molecular formula is C14H19NO4. The Labute approximate surface area is 112 Å². The SMILES string of the molecule is COc1ccc(C(O)CNC(=O)C2CCCO2)cc1. The standard InChI is InChI=1S/C14H19NO4/c1-18-11-6-4-10(5-7-11)12(16)9-15-14(17)13-3-2-8-19-13/h4-7,12-13,16H,2-3,8-9H2,1H3,(H,15,17). The van der Waals surface area contributed by atoms with Crippen LogP contribution in [-0.4, -0.2) is 37.4 Å². The van der Waals surface area contributed by atoms with Crippen LogP contribution in [0.5, 0.6) is 5.75 Å². The number of amides is 1. The lowest BCUT2D eigenvalue weighted by Gasteiger charge is -2.15. The molecule has 1 saturated heterocycles. The van der Waals surface area contributed by atoms with Crippen LogP contribution in [0, 0.1) is 0 Å². The van der Waals surface area contributed by atoms with Crippen molar-refractivity contribution in [3.05, 3.63) is 29.8 Å². The van der Waals surface area contributed by atoms with Crippen molar-refractivity contribution in [2.75, 3.05) is 20.3 Å². The summed E-state index contributed by atoms with van der Waals surface area (Å²) in [6.45, 7) is 0.824. The highest BCUT2D eigenvalue weighted by Crippen LogP contribution is 2.17. The maximum atomic E-state index is 11.7. The molecule has 0 spiro atoms. The zero-order valence-corrected chi connectivity index (χ0v) is 11.0. The number of hydrogen-bond donors (Lipinski definition) is 2. The van der Waals surface area contributed by atoms with Crippen LogP contribution in [-0.2, 0) is 9.53 Å². The summed E-state index contributed by atoms with van der Waals surface area (Å²) in [6.07, 6.45) is 0.586. The van der Waals surface area contributed by atoms with E-state index in [1.807, 2.05) is 0 Å². The summed E-state index contributed by atoms with van der Waals surface area (Å²) in [7, 11) is 1.59. The van der Waals surface area contributed by atoms with Crippen molar-refractivity contribution in [1.82, 2.24) is 5.32 Å². The number of carbonyl (C=O) groups excluding carboxylic acids is 1. The van der Waals surface area contributed by atoms with Crippen molar-refractivity contribution in [1.29, 1.82) is 0 Å². The molecule has 1 heterocycles. The number of carbonyl (C=O) groups is 1. The summed E-state index contributed by atoms with van der Waals surface area (Å²) in [6, 6.07) is 7.12. The third kappa shape index (κ3) is 3.68. The van der Waals surface area contributed by atoms with E-state index in [0.717, 1.165) is 24.2 Å². The number of ether oxygens (including phenoxy) is 2. The molecule has 1 aliphatic heterocycles. The molecule has 104 valence electrons. The van der Waals surface area contributed by atoms with Gasteiger partial charge in [-0.1, -0.05) is 12.1 Å². The Kier molecular flexibility index (Phi) is 4.76. The highest BCUT2D eigenvalue weighted by molar-refractivity contribution is 5.80. The molecule has 0 aromatic heterocycles. The van der Waals surface area contributed by atoms with Crippen LogP contribution in [0.25, 0.3) is 0 Å². The lowest BCUT2D eigenvalue weighted by Crippen LogP contribution is -2.36. The van der Waals surface area contributed by atoms with Crippen LogP contribution >= 0.6 is 0 Å². The van der Waals surface area contributed by atoms with Crippen LogP contribution in [0.2, 0.25) is 0 Å². The van der Waals surface area contributed by atoms with Crippen LogP contribution in [0.3, 0.4) is 0 Å². The lowest BCUT2D eigenvalue weighted by molar-refractivity contribution is -0.130. The van der Waals surface area contributed by atoms with E-state index < -0.39 is 6.10 Å². The van der Waals surface area contributed by atoms with Crippen molar-refractivity contribution in [2.45, 2.75) is 25.0 Å². The smallest absolute Gasteiger partial charge is 0.249 e. The van der Waals surface area contributed by atoms with Gasteiger partial charge < -0.3 is 19.9 Å². The maximum Gasteiger partial charge on any atom is 0.249 e. The van der Waals surface area contributed by atoms with Gasteiger partial charge >= 0.3 is 0 Å². The number of methoxy groups -OCH3 is 1. The molecule has 2 atom stereocenters. The van der Waals surface area contributed by atoms with Gasteiger partial charge in [0.2, 0.25) is 5.91 Å². The Bertz CT molecular complexity index is 412. The molecule has 1 aromatic rings. The van der Waals surface area contributed by atoms with E-state index in [4.69, 9.17) is 9.47 Å². The van der Waals surface area contributed by atoms with Gasteiger partial charge in [0.05, 0.1) is 13.2 Å². The Morgan fingerprint density at radius 3 is 2.84 bits per heavy atom. The number of benzene rings is 1. The quantitative estimate of drug-likeness (QED) is 0.834. The molecule has 1 amide bonds. The second-order valence-electron chi connectivity index (χ2n) is 4.54. The number of rotatable bonds is 5. The van der Waals surface area contributed by atoms with E-state index in [1.54, 1.807) is 31.4 Å². The van der Waals surface area contributed by atoms with Crippen molar-refractivity contribution in [3.8, 4) is 5.75 Å². The minimum atomic E-state index is -0.726. The van der Waals surface area contributed by atoms with Crippen LogP contribution in [0.15, 0.2) is 24.3 Å². The summed E-state index contributed by atoms with van der Waals surface area (Å²) in [5, 5.41) is 12.7. The van der Waals surface area contributed by atoms with Gasteiger partial charge in [-0.15, -0.1) is 0 Å². The highest BCUT2D eigenvalue weighted by Gasteiger charge is 2.23. The summed E-state index contributed by atoms with van der Waals surface area (Å²) in [4.78, 5) is 11.7. The third-order valence-corrected chi connectivity index (χ3v) is 3.19. The molecule has 5 heteroatoms. The number of aliphatic hydroxyl groups is 1. The van der Waals surface area contributed by atoms with Gasteiger partial charge in [-0.3, -0.25) is 4.79 Å². The van der Waals surface area contributed by atoms with Gasteiger partial charge in [-0.05, 0) is 30.5 Å². The Morgan fingerprint density at radius 2 is 2.26 bits per heavy atom. The Morgan fingerprint density at radius 1 is 1.53 bits per heavy atom. The average molecular weight is 265 g/mol.